The van der Waals surface area contributed by atoms with Crippen molar-refractivity contribution in [3.63, 3.8) is 0 Å². The average Bonchev–Trinajstić information content (AvgIpc) is 2.92. The van der Waals surface area contributed by atoms with Gasteiger partial charge in [-0.1, -0.05) is 41.6 Å². The van der Waals surface area contributed by atoms with Gasteiger partial charge in [-0.15, -0.1) is 10.2 Å². The third kappa shape index (κ3) is 4.67. The number of halogens is 1. The molecule has 2 aromatic carbocycles. The number of aromatic nitrogens is 3. The number of nitrogen functional groups attached to an aromatic ring is 1. The van der Waals surface area contributed by atoms with Crippen molar-refractivity contribution in [3.8, 4) is 5.75 Å². The van der Waals surface area contributed by atoms with Crippen LogP contribution in [0.1, 0.15) is 22.5 Å². The Bertz CT molecular complexity index is 844. The minimum Gasteiger partial charge on any atom is -0.486 e. The number of aryl methyl sites for hydroxylation is 2. The summed E-state index contributed by atoms with van der Waals surface area (Å²) in [5.74, 6) is 8.21. The van der Waals surface area contributed by atoms with E-state index in [0.29, 0.717) is 11.0 Å². The number of thioether (sulfide) groups is 1. The summed E-state index contributed by atoms with van der Waals surface area (Å²) in [6.45, 7) is 4.35. The highest BCUT2D eigenvalue weighted by Crippen LogP contribution is 2.22. The number of nitrogens with zero attached hydrogens (tertiary/aromatic N) is 3. The lowest BCUT2D eigenvalue weighted by atomic mass is 10.1. The monoisotopic (exact) mass is 374 g/mol. The minimum atomic E-state index is 0.272. The maximum atomic E-state index is 6.09. The number of benzene rings is 2. The van der Waals surface area contributed by atoms with Crippen molar-refractivity contribution >= 4 is 23.4 Å². The van der Waals surface area contributed by atoms with Gasteiger partial charge in [0, 0.05) is 10.8 Å². The zero-order chi connectivity index (χ0) is 17.8. The van der Waals surface area contributed by atoms with E-state index in [1.165, 1.54) is 16.4 Å². The fourth-order valence-corrected chi connectivity index (χ4v) is 3.35. The lowest BCUT2D eigenvalue weighted by molar-refractivity contribution is 0.291. The lowest BCUT2D eigenvalue weighted by Gasteiger charge is -2.08. The van der Waals surface area contributed by atoms with Crippen molar-refractivity contribution in [2.45, 2.75) is 31.4 Å². The predicted octanol–water partition coefficient (Wildman–Crippen LogP) is 4.13. The largest absolute Gasteiger partial charge is 0.486 e. The molecule has 1 heterocycles. The first-order valence-corrected chi connectivity index (χ1v) is 9.15. The van der Waals surface area contributed by atoms with Crippen LogP contribution in [0.3, 0.4) is 0 Å². The van der Waals surface area contributed by atoms with E-state index in [4.69, 9.17) is 22.2 Å². The van der Waals surface area contributed by atoms with Crippen molar-refractivity contribution in [2.24, 2.45) is 0 Å². The maximum Gasteiger partial charge on any atom is 0.210 e. The standard InChI is InChI=1S/C18H19ClN4OS/c1-12-7-13(2)9-16(8-12)24-10-17-21-22-18(23(17)20)25-11-14-3-5-15(19)6-4-14/h3-9H,10-11,20H2,1-2H3. The Hall–Kier alpha value is -2.18. The van der Waals surface area contributed by atoms with Gasteiger partial charge in [0.2, 0.25) is 5.16 Å². The number of hydrogen-bond donors (Lipinski definition) is 1. The zero-order valence-electron chi connectivity index (χ0n) is 14.1. The van der Waals surface area contributed by atoms with Crippen LogP contribution in [0.5, 0.6) is 5.75 Å². The van der Waals surface area contributed by atoms with E-state index in [0.717, 1.165) is 33.2 Å². The van der Waals surface area contributed by atoms with E-state index in [1.54, 1.807) is 0 Å². The maximum absolute atomic E-state index is 6.09. The van der Waals surface area contributed by atoms with E-state index < -0.39 is 0 Å². The van der Waals surface area contributed by atoms with E-state index in [-0.39, 0.29) is 6.61 Å². The first-order chi connectivity index (χ1) is 12.0. The molecule has 0 aliphatic carbocycles. The molecule has 130 valence electrons. The fourth-order valence-electron chi connectivity index (χ4n) is 2.40. The summed E-state index contributed by atoms with van der Waals surface area (Å²) in [5, 5.41) is 9.63. The molecule has 7 heteroatoms. The summed E-state index contributed by atoms with van der Waals surface area (Å²) in [5.41, 5.74) is 3.46. The van der Waals surface area contributed by atoms with Gasteiger partial charge >= 0.3 is 0 Å². The van der Waals surface area contributed by atoms with Gasteiger partial charge < -0.3 is 10.6 Å². The third-order valence-corrected chi connectivity index (χ3v) is 4.85. The van der Waals surface area contributed by atoms with Crippen molar-refractivity contribution in [1.82, 2.24) is 14.9 Å². The number of ether oxygens (including phenoxy) is 1. The lowest BCUT2D eigenvalue weighted by Crippen LogP contribution is -2.15. The van der Waals surface area contributed by atoms with Gasteiger partial charge in [0.15, 0.2) is 5.82 Å². The molecule has 0 atom stereocenters. The van der Waals surface area contributed by atoms with E-state index in [2.05, 4.69) is 16.3 Å². The van der Waals surface area contributed by atoms with Crippen LogP contribution in [0.2, 0.25) is 5.02 Å². The Morgan fingerprint density at radius 3 is 2.44 bits per heavy atom. The molecule has 0 saturated carbocycles. The summed E-state index contributed by atoms with van der Waals surface area (Å²) in [4.78, 5) is 0. The molecule has 0 amide bonds. The molecule has 0 bridgehead atoms. The Morgan fingerprint density at radius 2 is 1.76 bits per heavy atom. The van der Waals surface area contributed by atoms with Crippen LogP contribution in [0, 0.1) is 13.8 Å². The molecule has 3 rings (SSSR count). The molecule has 0 radical (unpaired) electrons. The highest BCUT2D eigenvalue weighted by atomic mass is 35.5. The molecule has 0 fully saturated rings. The molecule has 2 N–H and O–H groups in total. The van der Waals surface area contributed by atoms with Crippen LogP contribution in [-0.4, -0.2) is 14.9 Å². The quantitative estimate of drug-likeness (QED) is 0.519. The molecule has 3 aromatic rings. The second-order valence-electron chi connectivity index (χ2n) is 5.80. The van der Waals surface area contributed by atoms with Gasteiger partial charge in [-0.3, -0.25) is 0 Å². The molecule has 5 nitrogen and oxygen atoms in total. The second kappa shape index (κ2) is 7.80. The molecule has 0 spiro atoms. The van der Waals surface area contributed by atoms with E-state index in [9.17, 15) is 0 Å². The predicted molar refractivity (Wildman–Crippen MR) is 101 cm³/mol. The highest BCUT2D eigenvalue weighted by molar-refractivity contribution is 7.98. The smallest absolute Gasteiger partial charge is 0.210 e. The van der Waals surface area contributed by atoms with Crippen LogP contribution in [-0.2, 0) is 12.4 Å². The number of hydrogen-bond acceptors (Lipinski definition) is 5. The van der Waals surface area contributed by atoms with Crippen LogP contribution in [0.25, 0.3) is 0 Å². The van der Waals surface area contributed by atoms with Crippen LogP contribution in [0.15, 0.2) is 47.6 Å². The molecule has 1 aromatic heterocycles. The van der Waals surface area contributed by atoms with Gasteiger partial charge in [-0.2, -0.15) is 0 Å². The Morgan fingerprint density at radius 1 is 1.08 bits per heavy atom. The van der Waals surface area contributed by atoms with Crippen LogP contribution < -0.4 is 10.6 Å². The first-order valence-electron chi connectivity index (χ1n) is 7.79. The molecule has 0 saturated heterocycles. The Balaban J connectivity index is 1.61. The van der Waals surface area contributed by atoms with Crippen molar-refractivity contribution < 1.29 is 4.74 Å². The summed E-state index contributed by atoms with van der Waals surface area (Å²) in [7, 11) is 0. The second-order valence-corrected chi connectivity index (χ2v) is 7.17. The summed E-state index contributed by atoms with van der Waals surface area (Å²) >= 11 is 7.41. The number of rotatable bonds is 6. The average molecular weight is 375 g/mol. The minimum absolute atomic E-state index is 0.272. The Labute approximate surface area is 156 Å². The first kappa shape index (κ1) is 17.6. The summed E-state index contributed by atoms with van der Waals surface area (Å²) in [6.07, 6.45) is 0. The van der Waals surface area contributed by atoms with E-state index in [1.807, 2.05) is 50.2 Å². The van der Waals surface area contributed by atoms with Crippen LogP contribution in [0.4, 0.5) is 0 Å². The summed E-state index contributed by atoms with van der Waals surface area (Å²) in [6, 6.07) is 13.8. The molecule has 0 aliphatic rings. The van der Waals surface area contributed by atoms with Gasteiger partial charge in [-0.05, 0) is 54.8 Å². The topological polar surface area (TPSA) is 66.0 Å². The third-order valence-electron chi connectivity index (χ3n) is 3.58. The Kier molecular flexibility index (Phi) is 5.50. The summed E-state index contributed by atoms with van der Waals surface area (Å²) < 4.78 is 7.27. The normalized spacial score (nSPS) is 10.8. The number of nitrogens with two attached hydrogens (primary N) is 1. The van der Waals surface area contributed by atoms with Crippen LogP contribution >= 0.6 is 23.4 Å². The molecular formula is C18H19ClN4OS. The van der Waals surface area contributed by atoms with Gasteiger partial charge in [-0.25, -0.2) is 4.68 Å². The van der Waals surface area contributed by atoms with Gasteiger partial charge in [0.1, 0.15) is 12.4 Å². The fraction of sp³-hybridized carbons (Fsp3) is 0.222. The van der Waals surface area contributed by atoms with E-state index >= 15 is 0 Å². The van der Waals surface area contributed by atoms with Crippen molar-refractivity contribution in [2.75, 3.05) is 5.84 Å². The molecule has 0 aliphatic heterocycles. The highest BCUT2D eigenvalue weighted by Gasteiger charge is 2.11. The van der Waals surface area contributed by atoms with Crippen molar-refractivity contribution in [1.29, 1.82) is 0 Å². The molecule has 25 heavy (non-hydrogen) atoms. The van der Waals surface area contributed by atoms with Gasteiger partial charge in [0.05, 0.1) is 0 Å². The van der Waals surface area contributed by atoms with Gasteiger partial charge in [0.25, 0.3) is 0 Å². The molecule has 0 unspecified atom stereocenters. The van der Waals surface area contributed by atoms with Crippen molar-refractivity contribution in [3.05, 3.63) is 70.0 Å². The zero-order valence-corrected chi connectivity index (χ0v) is 15.6. The molecular weight excluding hydrogens is 356 g/mol. The SMILES string of the molecule is Cc1cc(C)cc(OCc2nnc(SCc3ccc(Cl)cc3)n2N)c1.